The molecule has 1 aromatic carbocycles. The summed E-state index contributed by atoms with van der Waals surface area (Å²) in [6.45, 7) is 2.56. The lowest BCUT2D eigenvalue weighted by Crippen LogP contribution is -2.57. The molecule has 2 aliphatic rings. The van der Waals surface area contributed by atoms with Gasteiger partial charge in [-0.05, 0) is 49.8 Å². The average molecular weight is 398 g/mol. The van der Waals surface area contributed by atoms with Crippen LogP contribution in [0.3, 0.4) is 0 Å². The van der Waals surface area contributed by atoms with Crippen LogP contribution in [0.25, 0.3) is 0 Å². The number of carbonyl (C=O) groups excluding carboxylic acids is 1. The molecule has 1 aromatic rings. The Kier molecular flexibility index (Phi) is 9.35. The van der Waals surface area contributed by atoms with E-state index in [4.69, 9.17) is 0 Å². The number of hydrogen-bond acceptors (Lipinski definition) is 2. The van der Waals surface area contributed by atoms with Gasteiger partial charge in [-0.2, -0.15) is 0 Å². The number of aryl methyl sites for hydroxylation is 1. The van der Waals surface area contributed by atoms with Gasteiger partial charge in [0.25, 0.3) is 0 Å². The Labute approximate surface area is 168 Å². The second-order valence-corrected chi connectivity index (χ2v) is 7.71. The normalized spacial score (nSPS) is 20.8. The molecule has 2 N–H and O–H groups in total. The summed E-state index contributed by atoms with van der Waals surface area (Å²) in [6, 6.07) is 7.55. The van der Waals surface area contributed by atoms with Crippen molar-refractivity contribution in [2.45, 2.75) is 69.9 Å². The summed E-state index contributed by atoms with van der Waals surface area (Å²) in [6.07, 6.45) is 10.2. The van der Waals surface area contributed by atoms with Crippen molar-refractivity contribution in [1.29, 1.82) is 0 Å². The van der Waals surface area contributed by atoms with Gasteiger partial charge in [0.05, 0.1) is 0 Å². The smallest absolute Gasteiger partial charge is 0.317 e. The van der Waals surface area contributed by atoms with E-state index < -0.39 is 0 Å². The predicted octanol–water partition coefficient (Wildman–Crippen LogP) is 4.28. The van der Waals surface area contributed by atoms with Crippen LogP contribution in [0.2, 0.25) is 0 Å². The third-order valence-electron chi connectivity index (χ3n) is 5.71. The molecule has 1 aliphatic heterocycles. The summed E-state index contributed by atoms with van der Waals surface area (Å²) < 4.78 is 13.0. The van der Waals surface area contributed by atoms with Crippen LogP contribution in [0.5, 0.6) is 0 Å². The number of benzene rings is 1. The van der Waals surface area contributed by atoms with Crippen molar-refractivity contribution >= 4 is 18.4 Å². The zero-order chi connectivity index (χ0) is 18.2. The van der Waals surface area contributed by atoms with Crippen LogP contribution in [-0.2, 0) is 6.42 Å². The molecule has 1 unspecified atom stereocenters. The number of nitrogens with zero attached hydrogens (tertiary/aromatic N) is 1. The minimum atomic E-state index is -0.179. The van der Waals surface area contributed by atoms with E-state index in [9.17, 15) is 9.18 Å². The lowest BCUT2D eigenvalue weighted by Gasteiger charge is -2.37. The first-order valence-corrected chi connectivity index (χ1v) is 10.2. The third-order valence-corrected chi connectivity index (χ3v) is 5.71. The van der Waals surface area contributed by atoms with Gasteiger partial charge in [0.2, 0.25) is 0 Å². The molecule has 4 nitrogen and oxygen atoms in total. The molecule has 152 valence electrons. The van der Waals surface area contributed by atoms with Crippen molar-refractivity contribution < 1.29 is 9.18 Å². The lowest BCUT2D eigenvalue weighted by molar-refractivity contribution is 0.147. The number of rotatable bonds is 6. The Morgan fingerprint density at radius 2 is 1.89 bits per heavy atom. The molecule has 2 fully saturated rings. The topological polar surface area (TPSA) is 44.4 Å². The first kappa shape index (κ1) is 22.0. The molecular formula is C21H33ClFN3O. The van der Waals surface area contributed by atoms with Crippen LogP contribution in [-0.4, -0.2) is 42.6 Å². The second-order valence-electron chi connectivity index (χ2n) is 7.71. The summed E-state index contributed by atoms with van der Waals surface area (Å²) in [7, 11) is 0. The van der Waals surface area contributed by atoms with Crippen molar-refractivity contribution in [3.05, 3.63) is 35.6 Å². The van der Waals surface area contributed by atoms with E-state index in [1.54, 1.807) is 0 Å². The first-order valence-electron chi connectivity index (χ1n) is 10.2. The highest BCUT2D eigenvalue weighted by molar-refractivity contribution is 5.85. The third kappa shape index (κ3) is 6.96. The number of hydrogen-bond donors (Lipinski definition) is 2. The molecule has 1 atom stereocenters. The highest BCUT2D eigenvalue weighted by Gasteiger charge is 2.27. The molecule has 0 bridgehead atoms. The van der Waals surface area contributed by atoms with Gasteiger partial charge in [0.15, 0.2) is 0 Å². The van der Waals surface area contributed by atoms with Crippen LogP contribution in [0.4, 0.5) is 9.18 Å². The number of urea groups is 1. The number of halogens is 2. The van der Waals surface area contributed by atoms with E-state index in [-0.39, 0.29) is 30.3 Å². The fraction of sp³-hybridized carbons (Fsp3) is 0.667. The Morgan fingerprint density at radius 1 is 1.15 bits per heavy atom. The van der Waals surface area contributed by atoms with Crippen LogP contribution >= 0.6 is 12.4 Å². The number of unbranched alkanes of at least 4 members (excludes halogenated alkanes) is 1. The average Bonchev–Trinajstić information content (AvgIpc) is 2.68. The molecule has 27 heavy (non-hydrogen) atoms. The molecule has 1 saturated carbocycles. The fourth-order valence-corrected chi connectivity index (χ4v) is 4.15. The maximum atomic E-state index is 13.0. The molecule has 1 aliphatic carbocycles. The number of amides is 2. The molecular weight excluding hydrogens is 365 g/mol. The fourth-order valence-electron chi connectivity index (χ4n) is 4.15. The standard InChI is InChI=1S/C21H32FN3O.ClH/c22-18-12-10-17(11-13-18)6-4-5-9-20-16-23-14-15-25(20)21(26)24-19-7-2-1-3-8-19;/h10-13,19-20,23H,1-9,14-16H2,(H,24,26);1H. The minimum absolute atomic E-state index is 0. The van der Waals surface area contributed by atoms with Gasteiger partial charge in [-0.3, -0.25) is 0 Å². The number of piperazine rings is 1. The maximum absolute atomic E-state index is 13.0. The Bertz CT molecular complexity index is 563. The molecule has 1 heterocycles. The van der Waals surface area contributed by atoms with E-state index >= 15 is 0 Å². The highest BCUT2D eigenvalue weighted by Crippen LogP contribution is 2.19. The second kappa shape index (κ2) is 11.5. The molecule has 2 amide bonds. The first-order chi connectivity index (χ1) is 12.7. The van der Waals surface area contributed by atoms with Crippen LogP contribution in [0.15, 0.2) is 24.3 Å². The van der Waals surface area contributed by atoms with E-state index in [1.165, 1.54) is 37.0 Å². The zero-order valence-electron chi connectivity index (χ0n) is 16.1. The largest absolute Gasteiger partial charge is 0.335 e. The number of nitrogens with one attached hydrogen (secondary N) is 2. The van der Waals surface area contributed by atoms with E-state index in [0.29, 0.717) is 6.04 Å². The van der Waals surface area contributed by atoms with E-state index in [2.05, 4.69) is 10.6 Å². The zero-order valence-corrected chi connectivity index (χ0v) is 16.9. The van der Waals surface area contributed by atoms with Crippen molar-refractivity contribution in [2.24, 2.45) is 0 Å². The Hall–Kier alpha value is -1.33. The monoisotopic (exact) mass is 397 g/mol. The van der Waals surface area contributed by atoms with Gasteiger partial charge < -0.3 is 15.5 Å². The maximum Gasteiger partial charge on any atom is 0.317 e. The van der Waals surface area contributed by atoms with Gasteiger partial charge in [-0.1, -0.05) is 37.8 Å². The summed E-state index contributed by atoms with van der Waals surface area (Å²) in [4.78, 5) is 14.8. The van der Waals surface area contributed by atoms with E-state index in [0.717, 1.165) is 58.2 Å². The van der Waals surface area contributed by atoms with Crippen molar-refractivity contribution in [3.63, 3.8) is 0 Å². The molecule has 1 saturated heterocycles. The lowest BCUT2D eigenvalue weighted by atomic mass is 9.95. The summed E-state index contributed by atoms with van der Waals surface area (Å²) in [5.74, 6) is -0.179. The SMILES string of the molecule is Cl.O=C(NC1CCCCC1)N1CCNCC1CCCCc1ccc(F)cc1. The summed E-state index contributed by atoms with van der Waals surface area (Å²) >= 11 is 0. The molecule has 0 radical (unpaired) electrons. The summed E-state index contributed by atoms with van der Waals surface area (Å²) in [5.41, 5.74) is 1.18. The molecule has 0 aromatic heterocycles. The van der Waals surface area contributed by atoms with Crippen molar-refractivity contribution in [3.8, 4) is 0 Å². The summed E-state index contributed by atoms with van der Waals surface area (Å²) in [5, 5.41) is 6.69. The quantitative estimate of drug-likeness (QED) is 0.704. The van der Waals surface area contributed by atoms with Crippen LogP contribution in [0.1, 0.15) is 56.9 Å². The number of carbonyl (C=O) groups is 1. The van der Waals surface area contributed by atoms with Crippen LogP contribution in [0, 0.1) is 5.82 Å². The van der Waals surface area contributed by atoms with Gasteiger partial charge >= 0.3 is 6.03 Å². The molecule has 0 spiro atoms. The molecule has 3 rings (SSSR count). The van der Waals surface area contributed by atoms with Gasteiger partial charge in [-0.15, -0.1) is 12.4 Å². The van der Waals surface area contributed by atoms with Gasteiger partial charge in [0, 0.05) is 31.7 Å². The molecule has 6 heteroatoms. The van der Waals surface area contributed by atoms with Crippen LogP contribution < -0.4 is 10.6 Å². The minimum Gasteiger partial charge on any atom is -0.335 e. The Morgan fingerprint density at radius 3 is 2.63 bits per heavy atom. The predicted molar refractivity (Wildman–Crippen MR) is 110 cm³/mol. The van der Waals surface area contributed by atoms with E-state index in [1.807, 2.05) is 17.0 Å². The Balaban J connectivity index is 0.00000261. The van der Waals surface area contributed by atoms with Gasteiger partial charge in [-0.25, -0.2) is 9.18 Å². The van der Waals surface area contributed by atoms with Gasteiger partial charge in [0.1, 0.15) is 5.82 Å². The van der Waals surface area contributed by atoms with Crippen molar-refractivity contribution in [1.82, 2.24) is 15.5 Å². The van der Waals surface area contributed by atoms with Crippen molar-refractivity contribution in [2.75, 3.05) is 19.6 Å². The highest BCUT2D eigenvalue weighted by atomic mass is 35.5.